The Morgan fingerprint density at radius 3 is 2.59 bits per heavy atom. The van der Waals surface area contributed by atoms with Gasteiger partial charge < -0.3 is 4.52 Å². The van der Waals surface area contributed by atoms with E-state index in [0.717, 1.165) is 12.1 Å². The van der Waals surface area contributed by atoms with Gasteiger partial charge in [0.15, 0.2) is 15.6 Å². The zero-order valence-corrected chi connectivity index (χ0v) is 14.2. The summed E-state index contributed by atoms with van der Waals surface area (Å²) in [5.41, 5.74) is 0.569. The van der Waals surface area contributed by atoms with Gasteiger partial charge in [0.25, 0.3) is 0 Å². The van der Waals surface area contributed by atoms with Gasteiger partial charge in [0.1, 0.15) is 23.7 Å². The third-order valence-corrected chi connectivity index (χ3v) is 4.59. The van der Waals surface area contributed by atoms with Crippen LogP contribution in [0.4, 0.5) is 0 Å². The summed E-state index contributed by atoms with van der Waals surface area (Å²) in [6, 6.07) is 1.70. The first-order valence-electron chi connectivity index (χ1n) is 7.24. The highest BCUT2D eigenvalue weighted by Crippen LogP contribution is 2.22. The van der Waals surface area contributed by atoms with Crippen molar-refractivity contribution in [3.05, 3.63) is 29.7 Å². The zero-order valence-electron chi connectivity index (χ0n) is 13.4. The van der Waals surface area contributed by atoms with Gasteiger partial charge in [0, 0.05) is 18.0 Å². The Morgan fingerprint density at radius 2 is 2.00 bits per heavy atom. The third kappa shape index (κ3) is 4.16. The van der Waals surface area contributed by atoms with Crippen LogP contribution in [-0.2, 0) is 33.3 Å². The highest BCUT2D eigenvalue weighted by atomic mass is 32.2. The van der Waals surface area contributed by atoms with Crippen LogP contribution in [0.25, 0.3) is 0 Å². The van der Waals surface area contributed by atoms with E-state index in [-0.39, 0.29) is 16.9 Å². The summed E-state index contributed by atoms with van der Waals surface area (Å²) < 4.78 is 31.4. The van der Waals surface area contributed by atoms with Gasteiger partial charge in [-0.2, -0.15) is 5.10 Å². The molecule has 0 saturated heterocycles. The lowest BCUT2D eigenvalue weighted by molar-refractivity contribution is 0.372. The van der Waals surface area contributed by atoms with Crippen molar-refractivity contribution in [2.24, 2.45) is 0 Å². The Labute approximate surface area is 130 Å². The lowest BCUT2D eigenvalue weighted by Crippen LogP contribution is -2.13. The maximum absolute atomic E-state index is 12.3. The van der Waals surface area contributed by atoms with Gasteiger partial charge in [-0.05, 0) is 6.42 Å². The first kappa shape index (κ1) is 16.7. The molecule has 2 heterocycles. The molecule has 0 spiro atoms. The lowest BCUT2D eigenvalue weighted by atomic mass is 9.92. The Bertz CT molecular complexity index is 725. The quantitative estimate of drug-likeness (QED) is 0.807. The molecule has 7 nitrogen and oxygen atoms in total. The lowest BCUT2D eigenvalue weighted by Gasteiger charge is -2.12. The van der Waals surface area contributed by atoms with E-state index in [2.05, 4.69) is 15.2 Å². The van der Waals surface area contributed by atoms with Crippen molar-refractivity contribution < 1.29 is 12.9 Å². The van der Waals surface area contributed by atoms with E-state index in [1.54, 1.807) is 10.7 Å². The van der Waals surface area contributed by atoms with Gasteiger partial charge >= 0.3 is 0 Å². The van der Waals surface area contributed by atoms with Gasteiger partial charge in [-0.3, -0.25) is 0 Å². The largest absolute Gasteiger partial charge is 0.360 e. The van der Waals surface area contributed by atoms with Crippen molar-refractivity contribution in [2.45, 2.75) is 57.6 Å². The number of aromatic nitrogens is 4. The minimum atomic E-state index is -3.39. The number of nitrogens with zero attached hydrogens (tertiary/aromatic N) is 4. The second-order valence-electron chi connectivity index (χ2n) is 6.36. The van der Waals surface area contributed by atoms with Crippen LogP contribution in [0, 0.1) is 0 Å². The summed E-state index contributed by atoms with van der Waals surface area (Å²) in [6.07, 6.45) is 2.25. The molecule has 0 atom stereocenters. The molecule has 0 bridgehead atoms. The fraction of sp³-hybridized carbons (Fsp3) is 0.643. The van der Waals surface area contributed by atoms with Crippen molar-refractivity contribution in [3.8, 4) is 0 Å². The first-order chi connectivity index (χ1) is 10.2. The van der Waals surface area contributed by atoms with Crippen molar-refractivity contribution >= 4 is 9.84 Å². The normalized spacial score (nSPS) is 12.7. The molecule has 2 aromatic rings. The topological polar surface area (TPSA) is 90.9 Å². The molecule has 8 heteroatoms. The highest BCUT2D eigenvalue weighted by molar-refractivity contribution is 7.89. The average molecular weight is 326 g/mol. The molecular formula is C14H22N4O3S. The Hall–Kier alpha value is -1.70. The molecule has 0 aliphatic carbocycles. The Balaban J connectivity index is 2.11. The predicted molar refractivity (Wildman–Crippen MR) is 81.8 cm³/mol. The third-order valence-electron chi connectivity index (χ3n) is 3.17. The Kier molecular flexibility index (Phi) is 4.69. The monoisotopic (exact) mass is 326 g/mol. The molecule has 0 aromatic carbocycles. The number of hydrogen-bond donors (Lipinski definition) is 0. The maximum atomic E-state index is 12.3. The zero-order chi connectivity index (χ0) is 16.4. The molecule has 0 saturated carbocycles. The number of sulfone groups is 1. The van der Waals surface area contributed by atoms with Gasteiger partial charge in [-0.15, -0.1) is 0 Å². The van der Waals surface area contributed by atoms with Crippen molar-refractivity contribution in [1.82, 2.24) is 19.9 Å². The van der Waals surface area contributed by atoms with Crippen molar-refractivity contribution in [3.63, 3.8) is 0 Å². The van der Waals surface area contributed by atoms with Crippen LogP contribution in [0.15, 0.2) is 16.9 Å². The van der Waals surface area contributed by atoms with E-state index >= 15 is 0 Å². The van der Waals surface area contributed by atoms with Crippen LogP contribution in [0.1, 0.15) is 51.4 Å². The minimum absolute atomic E-state index is 0.154. The molecule has 2 rings (SSSR count). The standard InChI is InChI=1S/C14H22N4O3S/c1-5-6-18-13(15-10-16-18)9-22(19,20)8-11-7-12(17-21-11)14(2,3)4/h7,10H,5-6,8-9H2,1-4H3. The van der Waals surface area contributed by atoms with Gasteiger partial charge in [0.2, 0.25) is 0 Å². The summed E-state index contributed by atoms with van der Waals surface area (Å²) >= 11 is 0. The highest BCUT2D eigenvalue weighted by Gasteiger charge is 2.23. The SMILES string of the molecule is CCCn1ncnc1CS(=O)(=O)Cc1cc(C(C)(C)C)no1. The maximum Gasteiger partial charge on any atom is 0.164 e. The van der Waals surface area contributed by atoms with Crippen molar-refractivity contribution in [1.29, 1.82) is 0 Å². The molecule has 0 amide bonds. The van der Waals surface area contributed by atoms with Crippen LogP contribution in [-0.4, -0.2) is 28.3 Å². The molecule has 22 heavy (non-hydrogen) atoms. The second-order valence-corrected chi connectivity index (χ2v) is 8.42. The van der Waals surface area contributed by atoms with Crippen LogP contribution < -0.4 is 0 Å². The molecular weight excluding hydrogens is 304 g/mol. The van der Waals surface area contributed by atoms with Crippen LogP contribution in [0.3, 0.4) is 0 Å². The van der Waals surface area contributed by atoms with Gasteiger partial charge in [0.05, 0.1) is 5.69 Å². The summed E-state index contributed by atoms with van der Waals surface area (Å²) in [6.45, 7) is 8.65. The van der Waals surface area contributed by atoms with Crippen LogP contribution >= 0.6 is 0 Å². The molecule has 0 aliphatic rings. The second kappa shape index (κ2) is 6.20. The predicted octanol–water partition coefficient (Wildman–Crippen LogP) is 2.09. The molecule has 122 valence electrons. The molecule has 0 aliphatic heterocycles. The van der Waals surface area contributed by atoms with E-state index in [0.29, 0.717) is 18.1 Å². The van der Waals surface area contributed by atoms with Gasteiger partial charge in [-0.1, -0.05) is 32.9 Å². The molecule has 2 aromatic heterocycles. The number of aryl methyl sites for hydroxylation is 1. The van der Waals surface area contributed by atoms with Crippen LogP contribution in [0.5, 0.6) is 0 Å². The van der Waals surface area contributed by atoms with E-state index in [9.17, 15) is 8.42 Å². The van der Waals surface area contributed by atoms with Gasteiger partial charge in [-0.25, -0.2) is 18.1 Å². The van der Waals surface area contributed by atoms with E-state index in [1.165, 1.54) is 6.33 Å². The summed E-state index contributed by atoms with van der Waals surface area (Å²) in [4.78, 5) is 4.03. The fourth-order valence-electron chi connectivity index (χ4n) is 2.00. The molecule has 0 unspecified atom stereocenters. The average Bonchev–Trinajstić information content (AvgIpc) is 2.98. The number of rotatable bonds is 6. The summed E-state index contributed by atoms with van der Waals surface area (Å²) in [7, 11) is -3.39. The minimum Gasteiger partial charge on any atom is -0.360 e. The van der Waals surface area contributed by atoms with E-state index in [4.69, 9.17) is 4.52 Å². The van der Waals surface area contributed by atoms with E-state index in [1.807, 2.05) is 27.7 Å². The molecule has 0 fully saturated rings. The smallest absolute Gasteiger partial charge is 0.164 e. The van der Waals surface area contributed by atoms with E-state index < -0.39 is 9.84 Å². The van der Waals surface area contributed by atoms with Crippen LogP contribution in [0.2, 0.25) is 0 Å². The fourth-order valence-corrected chi connectivity index (χ4v) is 3.29. The number of hydrogen-bond acceptors (Lipinski definition) is 6. The molecule has 0 N–H and O–H groups in total. The molecule has 0 radical (unpaired) electrons. The summed E-state index contributed by atoms with van der Waals surface area (Å²) in [5, 5.41) is 7.98. The Morgan fingerprint density at radius 1 is 1.27 bits per heavy atom. The summed E-state index contributed by atoms with van der Waals surface area (Å²) in [5.74, 6) is 0.469. The first-order valence-corrected chi connectivity index (χ1v) is 9.06. The van der Waals surface area contributed by atoms with Crippen molar-refractivity contribution in [2.75, 3.05) is 0 Å².